The van der Waals surface area contributed by atoms with Crippen molar-refractivity contribution >= 4 is 11.6 Å². The summed E-state index contributed by atoms with van der Waals surface area (Å²) in [5.74, 6) is 0. The summed E-state index contributed by atoms with van der Waals surface area (Å²) in [4.78, 5) is 4.11. The smallest absolute Gasteiger partial charge is 0.0999 e. The number of rotatable bonds is 3. The lowest BCUT2D eigenvalue weighted by Gasteiger charge is -2.10. The molecule has 1 unspecified atom stereocenters. The fourth-order valence-electron chi connectivity index (χ4n) is 1.64. The van der Waals surface area contributed by atoms with Gasteiger partial charge in [0, 0.05) is 12.6 Å². The topological polar surface area (TPSA) is 33.1 Å². The van der Waals surface area contributed by atoms with Gasteiger partial charge in [0.05, 0.1) is 16.8 Å². The minimum absolute atomic E-state index is 0.564. The number of aryl methyl sites for hydroxylation is 1. The first-order chi connectivity index (χ1) is 8.15. The second-order valence-electron chi connectivity index (χ2n) is 4.11. The lowest BCUT2D eigenvalue weighted by Crippen LogP contribution is -2.03. The molecule has 0 aliphatic rings. The SMILES string of the molecule is Cc1ccc(CC(O)c2ccc(Cl)cn2)cc1. The first-order valence-electron chi connectivity index (χ1n) is 5.50. The van der Waals surface area contributed by atoms with Crippen molar-refractivity contribution in [1.29, 1.82) is 0 Å². The second-order valence-corrected chi connectivity index (χ2v) is 4.54. The molecule has 0 fully saturated rings. The molecular weight excluding hydrogens is 234 g/mol. The summed E-state index contributed by atoms with van der Waals surface area (Å²) in [6.45, 7) is 2.04. The largest absolute Gasteiger partial charge is 0.386 e. The predicted octanol–water partition coefficient (Wildman–Crippen LogP) is 3.32. The highest BCUT2D eigenvalue weighted by Crippen LogP contribution is 2.18. The van der Waals surface area contributed by atoms with Gasteiger partial charge in [0.15, 0.2) is 0 Å². The van der Waals surface area contributed by atoms with Crippen molar-refractivity contribution in [2.75, 3.05) is 0 Å². The van der Waals surface area contributed by atoms with E-state index in [2.05, 4.69) is 4.98 Å². The molecule has 0 aliphatic carbocycles. The number of halogens is 1. The van der Waals surface area contributed by atoms with Crippen molar-refractivity contribution in [1.82, 2.24) is 4.98 Å². The van der Waals surface area contributed by atoms with Gasteiger partial charge < -0.3 is 5.11 Å². The number of hydrogen-bond donors (Lipinski definition) is 1. The number of aliphatic hydroxyl groups excluding tert-OH is 1. The quantitative estimate of drug-likeness (QED) is 0.903. The van der Waals surface area contributed by atoms with Gasteiger partial charge >= 0.3 is 0 Å². The van der Waals surface area contributed by atoms with Gasteiger partial charge in [-0.05, 0) is 24.6 Å². The number of benzene rings is 1. The van der Waals surface area contributed by atoms with Crippen molar-refractivity contribution < 1.29 is 5.11 Å². The fourth-order valence-corrected chi connectivity index (χ4v) is 1.75. The minimum Gasteiger partial charge on any atom is -0.386 e. The van der Waals surface area contributed by atoms with Crippen LogP contribution in [0.5, 0.6) is 0 Å². The molecule has 1 atom stereocenters. The third kappa shape index (κ3) is 3.29. The molecule has 0 radical (unpaired) electrons. The van der Waals surface area contributed by atoms with Gasteiger partial charge in [-0.2, -0.15) is 0 Å². The molecule has 1 aromatic heterocycles. The molecule has 1 aromatic carbocycles. The number of aromatic nitrogens is 1. The van der Waals surface area contributed by atoms with Crippen LogP contribution in [0.2, 0.25) is 5.02 Å². The molecule has 0 bridgehead atoms. The van der Waals surface area contributed by atoms with E-state index >= 15 is 0 Å². The molecule has 2 rings (SSSR count). The zero-order chi connectivity index (χ0) is 12.3. The van der Waals surface area contributed by atoms with Crippen LogP contribution in [0.3, 0.4) is 0 Å². The van der Waals surface area contributed by atoms with Crippen LogP contribution in [-0.4, -0.2) is 10.1 Å². The molecule has 17 heavy (non-hydrogen) atoms. The van der Waals surface area contributed by atoms with Crippen LogP contribution in [0.1, 0.15) is 22.9 Å². The highest BCUT2D eigenvalue weighted by atomic mass is 35.5. The van der Waals surface area contributed by atoms with E-state index in [1.165, 1.54) is 5.56 Å². The van der Waals surface area contributed by atoms with E-state index in [-0.39, 0.29) is 0 Å². The molecule has 0 saturated carbocycles. The highest BCUT2D eigenvalue weighted by molar-refractivity contribution is 6.30. The minimum atomic E-state index is -0.588. The van der Waals surface area contributed by atoms with E-state index in [0.717, 1.165) is 5.56 Å². The lowest BCUT2D eigenvalue weighted by atomic mass is 10.0. The van der Waals surface area contributed by atoms with E-state index in [0.29, 0.717) is 17.1 Å². The monoisotopic (exact) mass is 247 g/mol. The Labute approximate surface area is 106 Å². The number of pyridine rings is 1. The Bertz CT molecular complexity index is 479. The van der Waals surface area contributed by atoms with Crippen LogP contribution in [0.4, 0.5) is 0 Å². The third-order valence-corrected chi connectivity index (χ3v) is 2.86. The Hall–Kier alpha value is -1.38. The second kappa shape index (κ2) is 5.30. The van der Waals surface area contributed by atoms with E-state index in [9.17, 15) is 5.11 Å². The van der Waals surface area contributed by atoms with Crippen LogP contribution in [-0.2, 0) is 6.42 Å². The summed E-state index contributed by atoms with van der Waals surface area (Å²) in [5, 5.41) is 10.6. The van der Waals surface area contributed by atoms with Crippen molar-refractivity contribution in [2.45, 2.75) is 19.4 Å². The number of nitrogens with zero attached hydrogens (tertiary/aromatic N) is 1. The fraction of sp³-hybridized carbons (Fsp3) is 0.214. The predicted molar refractivity (Wildman–Crippen MR) is 69.1 cm³/mol. The first-order valence-corrected chi connectivity index (χ1v) is 5.88. The maximum absolute atomic E-state index is 10.0. The van der Waals surface area contributed by atoms with Crippen molar-refractivity contribution in [3.63, 3.8) is 0 Å². The van der Waals surface area contributed by atoms with Gasteiger partial charge in [-0.3, -0.25) is 4.98 Å². The van der Waals surface area contributed by atoms with Gasteiger partial charge in [-0.25, -0.2) is 0 Å². The average Bonchev–Trinajstić information content (AvgIpc) is 2.33. The zero-order valence-electron chi connectivity index (χ0n) is 9.60. The maximum atomic E-state index is 10.0. The Morgan fingerprint density at radius 1 is 1.18 bits per heavy atom. The Balaban J connectivity index is 2.08. The lowest BCUT2D eigenvalue weighted by molar-refractivity contribution is 0.173. The van der Waals surface area contributed by atoms with Crippen LogP contribution in [0.15, 0.2) is 42.6 Å². The van der Waals surface area contributed by atoms with Gasteiger partial charge in [-0.15, -0.1) is 0 Å². The molecule has 0 saturated heterocycles. The standard InChI is InChI=1S/C14H14ClNO/c1-10-2-4-11(5-3-10)8-14(17)13-7-6-12(15)9-16-13/h2-7,9,14,17H,8H2,1H3. The third-order valence-electron chi connectivity index (χ3n) is 2.64. The first kappa shape index (κ1) is 12.1. The molecule has 0 spiro atoms. The Morgan fingerprint density at radius 2 is 1.88 bits per heavy atom. The summed E-state index contributed by atoms with van der Waals surface area (Å²) in [7, 11) is 0. The van der Waals surface area contributed by atoms with Crippen LogP contribution in [0, 0.1) is 6.92 Å². The molecule has 2 aromatic rings. The highest BCUT2D eigenvalue weighted by Gasteiger charge is 2.09. The van der Waals surface area contributed by atoms with Gasteiger partial charge in [0.1, 0.15) is 0 Å². The molecule has 88 valence electrons. The van der Waals surface area contributed by atoms with E-state index in [1.54, 1.807) is 18.3 Å². The normalized spacial score (nSPS) is 12.4. The van der Waals surface area contributed by atoms with Crippen molar-refractivity contribution in [3.8, 4) is 0 Å². The maximum Gasteiger partial charge on any atom is 0.0999 e. The van der Waals surface area contributed by atoms with Crippen molar-refractivity contribution in [2.24, 2.45) is 0 Å². The van der Waals surface area contributed by atoms with Gasteiger partial charge in [-0.1, -0.05) is 41.4 Å². The zero-order valence-corrected chi connectivity index (χ0v) is 10.4. The molecular formula is C14H14ClNO. The average molecular weight is 248 g/mol. The van der Waals surface area contributed by atoms with Crippen molar-refractivity contribution in [3.05, 3.63) is 64.4 Å². The van der Waals surface area contributed by atoms with Gasteiger partial charge in [0.25, 0.3) is 0 Å². The summed E-state index contributed by atoms with van der Waals surface area (Å²) in [6.07, 6.45) is 1.53. The molecule has 0 amide bonds. The van der Waals surface area contributed by atoms with E-state index < -0.39 is 6.10 Å². The van der Waals surface area contributed by atoms with Crippen LogP contribution in [0.25, 0.3) is 0 Å². The number of aliphatic hydroxyl groups is 1. The number of hydrogen-bond acceptors (Lipinski definition) is 2. The van der Waals surface area contributed by atoms with E-state index in [4.69, 9.17) is 11.6 Å². The molecule has 3 heteroatoms. The molecule has 2 nitrogen and oxygen atoms in total. The Morgan fingerprint density at radius 3 is 2.47 bits per heavy atom. The van der Waals surface area contributed by atoms with Crippen LogP contribution < -0.4 is 0 Å². The van der Waals surface area contributed by atoms with Gasteiger partial charge in [0.2, 0.25) is 0 Å². The molecule has 0 aliphatic heterocycles. The summed E-state index contributed by atoms with van der Waals surface area (Å²) in [6, 6.07) is 11.6. The summed E-state index contributed by atoms with van der Waals surface area (Å²) >= 11 is 5.75. The Kier molecular flexibility index (Phi) is 3.77. The van der Waals surface area contributed by atoms with E-state index in [1.807, 2.05) is 31.2 Å². The summed E-state index contributed by atoms with van der Waals surface area (Å²) < 4.78 is 0. The summed E-state index contributed by atoms with van der Waals surface area (Å²) in [5.41, 5.74) is 2.96. The molecule has 1 heterocycles. The molecule has 1 N–H and O–H groups in total. The van der Waals surface area contributed by atoms with Crippen LogP contribution >= 0.6 is 11.6 Å².